The molecule has 1 atom stereocenters. The van der Waals surface area contributed by atoms with E-state index in [0.29, 0.717) is 0 Å². The summed E-state index contributed by atoms with van der Waals surface area (Å²) >= 11 is -1.21. The van der Waals surface area contributed by atoms with Gasteiger partial charge in [0, 0.05) is 6.20 Å². The van der Waals surface area contributed by atoms with Gasteiger partial charge in [0.1, 0.15) is 22.3 Å². The quantitative estimate of drug-likeness (QED) is 0.553. The Balaban J connectivity index is 2.66. The second-order valence-corrected chi connectivity index (χ2v) is 5.78. The van der Waals surface area contributed by atoms with Crippen molar-refractivity contribution >= 4 is 17.6 Å². The highest BCUT2D eigenvalue weighted by Crippen LogP contribution is 2.16. The molecule has 1 aromatic heterocycles. The molecule has 1 rings (SSSR count). The first-order chi connectivity index (χ1) is 6.50. The van der Waals surface area contributed by atoms with E-state index in [2.05, 4.69) is 9.38 Å². The van der Waals surface area contributed by atoms with E-state index in [1.165, 1.54) is 0 Å². The Labute approximate surface area is 87.6 Å². The molecule has 0 radical (unpaired) electrons. The lowest BCUT2D eigenvalue weighted by Crippen LogP contribution is -2.25. The largest absolute Gasteiger partial charge is 0.591 e. The zero-order valence-corrected chi connectivity index (χ0v) is 9.41. The van der Waals surface area contributed by atoms with Crippen molar-refractivity contribution in [3.05, 3.63) is 30.1 Å². The van der Waals surface area contributed by atoms with E-state index >= 15 is 0 Å². The van der Waals surface area contributed by atoms with Crippen LogP contribution in [0.4, 0.5) is 0 Å². The van der Waals surface area contributed by atoms with E-state index < -0.39 is 11.4 Å². The molecule has 0 aliphatic rings. The second kappa shape index (κ2) is 4.57. The fraction of sp³-hybridized carbons (Fsp3) is 0.400. The van der Waals surface area contributed by atoms with Gasteiger partial charge in [0.25, 0.3) is 0 Å². The fourth-order valence-corrected chi connectivity index (χ4v) is 1.23. The molecule has 1 aromatic rings. The lowest BCUT2D eigenvalue weighted by atomic mass is 10.3. The molecule has 0 fully saturated rings. The smallest absolute Gasteiger partial charge is 0.144 e. The van der Waals surface area contributed by atoms with Gasteiger partial charge in [-0.1, -0.05) is 10.5 Å². The molecular formula is C10H14N2OS. The molecule has 0 saturated heterocycles. The molecule has 0 N–H and O–H groups in total. The van der Waals surface area contributed by atoms with E-state index in [1.807, 2.05) is 39.0 Å². The minimum Gasteiger partial charge on any atom is -0.591 e. The highest BCUT2D eigenvalue weighted by atomic mass is 32.2. The summed E-state index contributed by atoms with van der Waals surface area (Å²) < 4.78 is 15.2. The lowest BCUT2D eigenvalue weighted by molar-refractivity contribution is 0.562. The highest BCUT2D eigenvalue weighted by molar-refractivity contribution is 7.91. The Hall–Kier alpha value is -0.870. The summed E-state index contributed by atoms with van der Waals surface area (Å²) in [5.41, 5.74) is 0.727. The summed E-state index contributed by atoms with van der Waals surface area (Å²) in [4.78, 5) is 4.05. The molecule has 1 heterocycles. The number of hydrogen-bond acceptors (Lipinski definition) is 3. The van der Waals surface area contributed by atoms with Crippen LogP contribution < -0.4 is 0 Å². The third-order valence-electron chi connectivity index (χ3n) is 1.49. The monoisotopic (exact) mass is 210 g/mol. The first-order valence-corrected chi connectivity index (χ1v) is 5.48. The molecule has 0 aliphatic heterocycles. The van der Waals surface area contributed by atoms with Gasteiger partial charge in [-0.2, -0.15) is 0 Å². The standard InChI is InChI=1S/C10H14N2OS/c1-10(2,3)14(13)12-8-9-6-4-5-7-11-9/h4-8H,1-3H3/t14-/m0/s1. The normalized spacial score (nSPS) is 14.6. The van der Waals surface area contributed by atoms with Crippen molar-refractivity contribution in [1.82, 2.24) is 4.98 Å². The van der Waals surface area contributed by atoms with Crippen LogP contribution in [-0.4, -0.2) is 20.5 Å². The average Bonchev–Trinajstić information content (AvgIpc) is 2.14. The van der Waals surface area contributed by atoms with Crippen molar-refractivity contribution < 1.29 is 4.55 Å². The van der Waals surface area contributed by atoms with Crippen LogP contribution in [0.3, 0.4) is 0 Å². The van der Waals surface area contributed by atoms with Gasteiger partial charge in [0.15, 0.2) is 0 Å². The summed E-state index contributed by atoms with van der Waals surface area (Å²) in [5.74, 6) is 0. The summed E-state index contributed by atoms with van der Waals surface area (Å²) in [6.07, 6.45) is 3.22. The van der Waals surface area contributed by atoms with Gasteiger partial charge in [0.05, 0.1) is 5.69 Å². The molecule has 76 valence electrons. The highest BCUT2D eigenvalue weighted by Gasteiger charge is 2.25. The van der Waals surface area contributed by atoms with E-state index in [1.54, 1.807) is 12.4 Å². The number of aromatic nitrogens is 1. The van der Waals surface area contributed by atoms with Crippen LogP contribution in [0.5, 0.6) is 0 Å². The van der Waals surface area contributed by atoms with Crippen molar-refractivity contribution in [2.45, 2.75) is 25.5 Å². The minimum atomic E-state index is -1.21. The number of pyridine rings is 1. The molecule has 0 unspecified atom stereocenters. The van der Waals surface area contributed by atoms with Crippen molar-refractivity contribution in [3.63, 3.8) is 0 Å². The van der Waals surface area contributed by atoms with E-state index in [0.717, 1.165) is 5.69 Å². The van der Waals surface area contributed by atoms with Crippen molar-refractivity contribution in [3.8, 4) is 0 Å². The Morgan fingerprint density at radius 3 is 2.64 bits per heavy atom. The molecule has 3 nitrogen and oxygen atoms in total. The minimum absolute atomic E-state index is 0.314. The van der Waals surface area contributed by atoms with Crippen LogP contribution in [0, 0.1) is 0 Å². The van der Waals surface area contributed by atoms with Crippen LogP contribution in [0.1, 0.15) is 26.5 Å². The number of rotatable bonds is 2. The van der Waals surface area contributed by atoms with Crippen LogP contribution in [-0.2, 0) is 11.4 Å². The third-order valence-corrected chi connectivity index (χ3v) is 2.84. The van der Waals surface area contributed by atoms with E-state index in [4.69, 9.17) is 0 Å². The van der Waals surface area contributed by atoms with Crippen molar-refractivity contribution in [2.24, 2.45) is 4.40 Å². The van der Waals surface area contributed by atoms with Crippen molar-refractivity contribution in [2.75, 3.05) is 0 Å². The molecular weight excluding hydrogens is 196 g/mol. The Morgan fingerprint density at radius 2 is 2.14 bits per heavy atom. The summed E-state index contributed by atoms with van der Waals surface area (Å²) in [6.45, 7) is 5.66. The zero-order valence-electron chi connectivity index (χ0n) is 8.60. The van der Waals surface area contributed by atoms with Gasteiger partial charge >= 0.3 is 0 Å². The Morgan fingerprint density at radius 1 is 1.43 bits per heavy atom. The predicted octanol–water partition coefficient (Wildman–Crippen LogP) is 1.96. The van der Waals surface area contributed by atoms with E-state index in [9.17, 15) is 4.55 Å². The van der Waals surface area contributed by atoms with Crippen LogP contribution in [0.15, 0.2) is 28.8 Å². The van der Waals surface area contributed by atoms with Gasteiger partial charge in [-0.3, -0.25) is 4.98 Å². The van der Waals surface area contributed by atoms with Gasteiger partial charge < -0.3 is 4.55 Å². The van der Waals surface area contributed by atoms with Gasteiger partial charge in [0.2, 0.25) is 0 Å². The van der Waals surface area contributed by atoms with Gasteiger partial charge in [-0.15, -0.1) is 0 Å². The molecule has 0 aliphatic carbocycles. The Bertz CT molecular complexity index is 306. The van der Waals surface area contributed by atoms with Crippen LogP contribution >= 0.6 is 0 Å². The first kappa shape index (κ1) is 11.2. The maximum Gasteiger partial charge on any atom is 0.144 e. The lowest BCUT2D eigenvalue weighted by Gasteiger charge is -2.17. The molecule has 4 heteroatoms. The summed E-state index contributed by atoms with van der Waals surface area (Å²) in [7, 11) is 0. The molecule has 0 saturated carbocycles. The molecule has 14 heavy (non-hydrogen) atoms. The first-order valence-electron chi connectivity index (χ1n) is 4.37. The second-order valence-electron chi connectivity index (χ2n) is 3.85. The van der Waals surface area contributed by atoms with Gasteiger partial charge in [-0.05, 0) is 32.9 Å². The SMILES string of the molecule is CC(C)(C)[S@+]([O-])N=Cc1ccccn1. The molecule has 0 amide bonds. The van der Waals surface area contributed by atoms with Gasteiger partial charge in [-0.25, -0.2) is 0 Å². The number of nitrogens with zero attached hydrogens (tertiary/aromatic N) is 2. The van der Waals surface area contributed by atoms with Crippen molar-refractivity contribution in [1.29, 1.82) is 0 Å². The van der Waals surface area contributed by atoms with Crippen LogP contribution in [0.25, 0.3) is 0 Å². The molecule has 0 aromatic carbocycles. The average molecular weight is 210 g/mol. The topological polar surface area (TPSA) is 48.3 Å². The zero-order chi connectivity index (χ0) is 10.6. The van der Waals surface area contributed by atoms with Crippen LogP contribution in [0.2, 0.25) is 0 Å². The fourth-order valence-electron chi connectivity index (χ4n) is 0.712. The summed E-state index contributed by atoms with van der Waals surface area (Å²) in [6, 6.07) is 5.52. The Kier molecular flexibility index (Phi) is 3.66. The molecule has 0 bridgehead atoms. The number of hydrogen-bond donors (Lipinski definition) is 0. The summed E-state index contributed by atoms with van der Waals surface area (Å²) in [5, 5.41) is 0. The van der Waals surface area contributed by atoms with E-state index in [-0.39, 0.29) is 4.75 Å². The predicted molar refractivity (Wildman–Crippen MR) is 59.7 cm³/mol. The third kappa shape index (κ3) is 3.47. The molecule has 0 spiro atoms. The maximum atomic E-state index is 11.5. The maximum absolute atomic E-state index is 11.5.